The third kappa shape index (κ3) is 43.3. The summed E-state index contributed by atoms with van der Waals surface area (Å²) < 4.78 is 31.9. The fraction of sp³-hybridized carbons (Fsp3) is 1.00. The van der Waals surface area contributed by atoms with Crippen LogP contribution in [0.3, 0.4) is 0 Å². The van der Waals surface area contributed by atoms with E-state index in [-0.39, 0.29) is 37.5 Å². The number of unbranched alkanes of at least 4 members (excludes halogenated alkanes) is 39. The predicted octanol–water partition coefficient (Wildman–Crippen LogP) is 19.7. The van der Waals surface area contributed by atoms with Gasteiger partial charge in [0, 0.05) is 0 Å². The first-order chi connectivity index (χ1) is 33.0. The van der Waals surface area contributed by atoms with E-state index in [4.69, 9.17) is 48.4 Å². The Bertz CT molecular complexity index is 965. The Kier molecular flexibility index (Phi) is 49.4. The van der Waals surface area contributed by atoms with Crippen molar-refractivity contribution in [2.45, 2.75) is 327 Å². The zero-order chi connectivity index (χ0) is 50.2. The van der Waals surface area contributed by atoms with Gasteiger partial charge in [0.2, 0.25) is 0 Å². The summed E-state index contributed by atoms with van der Waals surface area (Å²) >= 11 is 19.0. The van der Waals surface area contributed by atoms with Crippen LogP contribution in [0.25, 0.3) is 0 Å². The molecule has 0 bridgehead atoms. The second-order valence-corrected chi connectivity index (χ2v) is 23.9. The highest BCUT2D eigenvalue weighted by molar-refractivity contribution is 7.48. The van der Waals surface area contributed by atoms with Gasteiger partial charge >= 0.3 is 7.82 Å². The van der Waals surface area contributed by atoms with E-state index in [1.807, 2.05) is 0 Å². The smallest absolute Gasteiger partial charge is 0.386 e. The second kappa shape index (κ2) is 48.8. The largest absolute Gasteiger partial charge is 0.475 e. The molecule has 3 unspecified atom stereocenters. The lowest BCUT2D eigenvalue weighted by molar-refractivity contribution is -0.0501. The first-order valence-corrected chi connectivity index (χ1v) is 32.4. The average Bonchev–Trinajstić information content (AvgIpc) is 3.35. The quantitative estimate of drug-likeness (QED) is 0.0317. The molecule has 68 heavy (non-hydrogen) atoms. The second-order valence-electron chi connectivity index (χ2n) is 21.4. The Morgan fingerprint density at radius 3 is 0.588 bits per heavy atom. The molecular formula is C57H114Cl3O7P. The molecule has 0 heterocycles. The van der Waals surface area contributed by atoms with Crippen molar-refractivity contribution in [3.8, 4) is 0 Å². The summed E-state index contributed by atoms with van der Waals surface area (Å²) in [5, 5.41) is 34.4. The van der Waals surface area contributed by atoms with E-state index in [1.54, 1.807) is 0 Å². The molecule has 7 nitrogen and oxygen atoms in total. The van der Waals surface area contributed by atoms with Crippen molar-refractivity contribution in [1.82, 2.24) is 0 Å². The fourth-order valence-electron chi connectivity index (χ4n) is 9.19. The molecule has 0 aromatic rings. The standard InChI is InChI=1S/C57H114Cl3O7P/c1-4-7-10-13-16-19-22-25-28-31-34-37-40-43-46-55(61,49-58)52-65-68(64,66-53-56(62,50-59)47-44-41-38-35-32-29-26-23-20-17-14-11-8-5-2)67-54-57(63,51-60)48-45-42-39-36-33-30-27-24-21-18-15-12-9-6-3/h61-63H,4-54H2,1-3H3. The normalized spacial score (nSPS) is 15.6. The number of hydrogen-bond donors (Lipinski definition) is 3. The minimum absolute atomic E-state index is 0.110. The molecule has 0 saturated heterocycles. The fourth-order valence-corrected chi connectivity index (χ4v) is 11.2. The molecule has 410 valence electrons. The molecule has 0 aliphatic rings. The summed E-state index contributed by atoms with van der Waals surface area (Å²) in [4.78, 5) is 0. The van der Waals surface area contributed by atoms with Gasteiger partial charge in [0.05, 0.1) is 37.5 Å². The van der Waals surface area contributed by atoms with Crippen LogP contribution in [-0.4, -0.2) is 69.6 Å². The lowest BCUT2D eigenvalue weighted by Gasteiger charge is -2.32. The molecule has 0 aromatic heterocycles. The SMILES string of the molecule is CCCCCCCCCCCCCCCCC(O)(CCl)COP(=O)(OCC(O)(CCl)CCCCCCCCCCCCCCCC)OCC(O)(CCl)CCCCCCCCCCCCCCCC. The van der Waals surface area contributed by atoms with Gasteiger partial charge in [-0.1, -0.05) is 290 Å². The zero-order valence-electron chi connectivity index (χ0n) is 45.1. The molecule has 0 fully saturated rings. The molecule has 3 N–H and O–H groups in total. The predicted molar refractivity (Wildman–Crippen MR) is 297 cm³/mol. The molecule has 3 atom stereocenters. The van der Waals surface area contributed by atoms with Gasteiger partial charge in [-0.3, -0.25) is 13.6 Å². The molecule has 0 aliphatic heterocycles. The summed E-state index contributed by atoms with van der Waals surface area (Å²) in [6, 6.07) is 0. The topological polar surface area (TPSA) is 105 Å². The number of rotatable bonds is 57. The van der Waals surface area contributed by atoms with Crippen LogP contribution in [0, 0.1) is 0 Å². The summed E-state index contributed by atoms with van der Waals surface area (Å²) in [7, 11) is -4.42. The Morgan fingerprint density at radius 1 is 0.294 bits per heavy atom. The third-order valence-electron chi connectivity index (χ3n) is 14.2. The first-order valence-electron chi connectivity index (χ1n) is 29.4. The number of halogens is 3. The van der Waals surface area contributed by atoms with Crippen LogP contribution in [0.15, 0.2) is 0 Å². The summed E-state index contributed by atoms with van der Waals surface area (Å²) in [6.45, 7) is 5.67. The van der Waals surface area contributed by atoms with Crippen LogP contribution in [0.5, 0.6) is 0 Å². The van der Waals surface area contributed by atoms with Gasteiger partial charge in [-0.15, -0.1) is 34.8 Å². The van der Waals surface area contributed by atoms with Crippen LogP contribution >= 0.6 is 42.6 Å². The monoisotopic (exact) mass is 1050 g/mol. The van der Waals surface area contributed by atoms with E-state index in [2.05, 4.69) is 20.8 Å². The van der Waals surface area contributed by atoms with Crippen LogP contribution in [0.1, 0.15) is 310 Å². The van der Waals surface area contributed by atoms with E-state index < -0.39 is 24.6 Å². The average molecular weight is 1050 g/mol. The molecule has 0 amide bonds. The van der Waals surface area contributed by atoms with Gasteiger partial charge in [0.15, 0.2) is 0 Å². The van der Waals surface area contributed by atoms with Crippen molar-refractivity contribution in [1.29, 1.82) is 0 Å². The number of aliphatic hydroxyl groups is 3. The van der Waals surface area contributed by atoms with E-state index >= 15 is 0 Å². The van der Waals surface area contributed by atoms with E-state index in [0.717, 1.165) is 57.8 Å². The van der Waals surface area contributed by atoms with Crippen molar-refractivity contribution in [3.05, 3.63) is 0 Å². The van der Waals surface area contributed by atoms with Gasteiger partial charge in [0.1, 0.15) is 16.8 Å². The summed E-state index contributed by atoms with van der Waals surface area (Å²) in [5.41, 5.74) is -4.35. The number of hydrogen-bond acceptors (Lipinski definition) is 7. The van der Waals surface area contributed by atoms with Crippen LogP contribution in [-0.2, 0) is 18.1 Å². The minimum Gasteiger partial charge on any atom is -0.386 e. The molecule has 0 radical (unpaired) electrons. The number of phosphoric acid groups is 1. The molecule has 0 spiro atoms. The van der Waals surface area contributed by atoms with E-state index in [9.17, 15) is 19.9 Å². The van der Waals surface area contributed by atoms with E-state index in [0.29, 0.717) is 19.3 Å². The van der Waals surface area contributed by atoms with Gasteiger partial charge in [0.25, 0.3) is 0 Å². The number of alkyl halides is 3. The Morgan fingerprint density at radius 2 is 0.441 bits per heavy atom. The molecule has 0 aromatic carbocycles. The third-order valence-corrected chi connectivity index (χ3v) is 17.0. The zero-order valence-corrected chi connectivity index (χ0v) is 48.3. The molecular weight excluding hydrogens is 934 g/mol. The van der Waals surface area contributed by atoms with Gasteiger partial charge in [-0.25, -0.2) is 4.57 Å². The van der Waals surface area contributed by atoms with Crippen LogP contribution in [0.2, 0.25) is 0 Å². The van der Waals surface area contributed by atoms with Gasteiger partial charge in [-0.2, -0.15) is 0 Å². The highest BCUT2D eigenvalue weighted by Crippen LogP contribution is 2.52. The van der Waals surface area contributed by atoms with Crippen molar-refractivity contribution in [2.75, 3.05) is 37.5 Å². The lowest BCUT2D eigenvalue weighted by Crippen LogP contribution is -2.39. The van der Waals surface area contributed by atoms with Crippen molar-refractivity contribution in [2.24, 2.45) is 0 Å². The highest BCUT2D eigenvalue weighted by Gasteiger charge is 2.39. The molecule has 0 rings (SSSR count). The first kappa shape index (κ1) is 68.9. The molecule has 0 saturated carbocycles. The van der Waals surface area contributed by atoms with E-state index in [1.165, 1.54) is 212 Å². The number of phosphoric ester groups is 1. The Labute approximate surface area is 437 Å². The lowest BCUT2D eigenvalue weighted by atomic mass is 9.98. The summed E-state index contributed by atoms with van der Waals surface area (Å²) in [5.74, 6) is -0.331. The van der Waals surface area contributed by atoms with Crippen molar-refractivity contribution >= 4 is 42.6 Å². The van der Waals surface area contributed by atoms with Gasteiger partial charge in [-0.05, 0) is 19.3 Å². The maximum atomic E-state index is 14.4. The summed E-state index contributed by atoms with van der Waals surface area (Å²) in [6.07, 6.45) is 53.0. The maximum Gasteiger partial charge on any atom is 0.475 e. The Hall–Kier alpha value is 0.860. The highest BCUT2D eigenvalue weighted by atomic mass is 35.5. The van der Waals surface area contributed by atoms with Crippen molar-refractivity contribution < 1.29 is 33.5 Å². The van der Waals surface area contributed by atoms with Crippen molar-refractivity contribution in [3.63, 3.8) is 0 Å². The minimum atomic E-state index is -4.42. The van der Waals surface area contributed by atoms with Gasteiger partial charge < -0.3 is 15.3 Å². The molecule has 11 heteroatoms. The molecule has 0 aliphatic carbocycles. The van der Waals surface area contributed by atoms with Crippen LogP contribution < -0.4 is 0 Å². The Balaban J connectivity index is 5.07. The maximum absolute atomic E-state index is 14.4. The van der Waals surface area contributed by atoms with Crippen LogP contribution in [0.4, 0.5) is 0 Å².